The number of carbonyl (C=O) groups excluding carboxylic acids is 1. The van der Waals surface area contributed by atoms with E-state index in [2.05, 4.69) is 4.90 Å². The minimum Gasteiger partial charge on any atom is -0.497 e. The van der Waals surface area contributed by atoms with Crippen LogP contribution in [-0.4, -0.2) is 39.9 Å². The van der Waals surface area contributed by atoms with Gasteiger partial charge in [-0.1, -0.05) is 0 Å². The number of esters is 1. The van der Waals surface area contributed by atoms with Crippen LogP contribution in [0.4, 0.5) is 5.69 Å². The first-order valence-corrected chi connectivity index (χ1v) is 6.62. The quantitative estimate of drug-likeness (QED) is 0.774. The predicted molar refractivity (Wildman–Crippen MR) is 76.5 cm³/mol. The normalized spacial score (nSPS) is 18.6. The molecule has 1 fully saturated rings. The van der Waals surface area contributed by atoms with Gasteiger partial charge in [-0.2, -0.15) is 0 Å². The fourth-order valence-electron chi connectivity index (χ4n) is 2.60. The molecule has 0 radical (unpaired) electrons. The number of benzene rings is 1. The van der Waals surface area contributed by atoms with E-state index < -0.39 is 0 Å². The van der Waals surface area contributed by atoms with E-state index in [9.17, 15) is 4.79 Å². The van der Waals surface area contributed by atoms with Crippen molar-refractivity contribution in [3.63, 3.8) is 0 Å². The summed E-state index contributed by atoms with van der Waals surface area (Å²) in [5, 5.41) is 0. The van der Waals surface area contributed by atoms with Crippen molar-refractivity contribution in [3.8, 4) is 11.5 Å². The standard InChI is InChI=1S/C15H21NO4/c1-18-13-7-12(8-14(10-13)19-2)16-6-4-5-11(16)9-15(17)20-3/h7-8,10-11H,4-6,9H2,1-3H3/i3D. The topological polar surface area (TPSA) is 48.0 Å². The molecule has 1 atom stereocenters. The summed E-state index contributed by atoms with van der Waals surface area (Å²) >= 11 is 0. The molecule has 0 aromatic heterocycles. The Bertz CT molecular complexity index is 472. The van der Waals surface area contributed by atoms with Crippen LogP contribution in [-0.2, 0) is 9.53 Å². The van der Waals surface area contributed by atoms with Crippen LogP contribution in [0.2, 0.25) is 0 Å². The van der Waals surface area contributed by atoms with E-state index in [1.165, 1.54) is 0 Å². The monoisotopic (exact) mass is 280 g/mol. The number of ether oxygens (including phenoxy) is 3. The summed E-state index contributed by atoms with van der Waals surface area (Å²) in [5.41, 5.74) is 0.979. The largest absolute Gasteiger partial charge is 0.497 e. The van der Waals surface area contributed by atoms with Gasteiger partial charge in [-0.25, -0.2) is 0 Å². The third kappa shape index (κ3) is 3.15. The second-order valence-corrected chi connectivity index (χ2v) is 4.78. The molecule has 5 nitrogen and oxygen atoms in total. The summed E-state index contributed by atoms with van der Waals surface area (Å²) in [6.07, 6.45) is 2.27. The lowest BCUT2D eigenvalue weighted by atomic mass is 10.1. The zero-order chi connectivity index (χ0) is 15.2. The van der Waals surface area contributed by atoms with Crippen LogP contribution in [0.5, 0.6) is 11.5 Å². The van der Waals surface area contributed by atoms with E-state index >= 15 is 0 Å². The SMILES string of the molecule is [2H]COC(=O)CC1CCCN1c1cc(OC)cc(OC)c1. The predicted octanol–water partition coefficient (Wildman–Crippen LogP) is 2.24. The highest BCUT2D eigenvalue weighted by Gasteiger charge is 2.27. The molecule has 1 heterocycles. The van der Waals surface area contributed by atoms with Gasteiger partial charge in [-0.05, 0) is 12.8 Å². The number of nitrogens with zero attached hydrogens (tertiary/aromatic N) is 1. The summed E-state index contributed by atoms with van der Waals surface area (Å²) in [4.78, 5) is 13.8. The first-order valence-electron chi connectivity index (χ1n) is 7.33. The lowest BCUT2D eigenvalue weighted by Gasteiger charge is -2.26. The highest BCUT2D eigenvalue weighted by atomic mass is 16.5. The number of hydrogen-bond acceptors (Lipinski definition) is 5. The molecule has 0 saturated carbocycles. The van der Waals surface area contributed by atoms with Crippen LogP contribution in [0.3, 0.4) is 0 Å². The molecule has 0 spiro atoms. The second-order valence-electron chi connectivity index (χ2n) is 4.78. The van der Waals surface area contributed by atoms with E-state index in [0.717, 1.165) is 36.6 Å². The Balaban J connectivity index is 2.17. The van der Waals surface area contributed by atoms with Crippen LogP contribution >= 0.6 is 0 Å². The van der Waals surface area contributed by atoms with E-state index in [1.807, 2.05) is 18.2 Å². The third-order valence-electron chi connectivity index (χ3n) is 3.61. The van der Waals surface area contributed by atoms with E-state index in [-0.39, 0.29) is 19.1 Å². The molecular weight excluding hydrogens is 258 g/mol. The minimum absolute atomic E-state index is 0.0980. The molecule has 0 amide bonds. The molecule has 0 bridgehead atoms. The highest BCUT2D eigenvalue weighted by molar-refractivity contribution is 5.71. The van der Waals surface area contributed by atoms with Crippen LogP contribution in [0.25, 0.3) is 0 Å². The second kappa shape index (κ2) is 6.50. The first-order chi connectivity index (χ1) is 10.2. The summed E-state index contributed by atoms with van der Waals surface area (Å²) < 4.78 is 22.2. The minimum atomic E-state index is -0.322. The van der Waals surface area contributed by atoms with Gasteiger partial charge < -0.3 is 19.1 Å². The summed E-state index contributed by atoms with van der Waals surface area (Å²) in [6, 6.07) is 5.80. The van der Waals surface area contributed by atoms with Crippen molar-refractivity contribution in [2.75, 3.05) is 32.8 Å². The zero-order valence-electron chi connectivity index (χ0n) is 12.9. The van der Waals surface area contributed by atoms with Gasteiger partial charge in [0.25, 0.3) is 0 Å². The molecule has 1 aromatic carbocycles. The molecule has 2 rings (SSSR count). The molecular formula is C15H21NO4. The molecule has 1 saturated heterocycles. The lowest BCUT2D eigenvalue weighted by molar-refractivity contribution is -0.140. The Morgan fingerprint density at radius 3 is 2.65 bits per heavy atom. The van der Waals surface area contributed by atoms with Crippen molar-refractivity contribution >= 4 is 11.7 Å². The average molecular weight is 280 g/mol. The molecule has 0 aliphatic carbocycles. The smallest absolute Gasteiger partial charge is 0.307 e. The van der Waals surface area contributed by atoms with Crippen LogP contribution in [0.1, 0.15) is 20.6 Å². The highest BCUT2D eigenvalue weighted by Crippen LogP contribution is 2.33. The summed E-state index contributed by atoms with van der Waals surface area (Å²) in [6.45, 7) is 0.884. The van der Waals surface area contributed by atoms with Crippen molar-refractivity contribution in [2.24, 2.45) is 0 Å². The fourth-order valence-corrected chi connectivity index (χ4v) is 2.60. The molecule has 1 unspecified atom stereocenters. The molecule has 1 aliphatic heterocycles. The molecule has 1 aliphatic rings. The van der Waals surface area contributed by atoms with Gasteiger partial charge >= 0.3 is 5.97 Å². The van der Waals surface area contributed by atoms with Crippen LogP contribution in [0, 0.1) is 0 Å². The fraction of sp³-hybridized carbons (Fsp3) is 0.533. The maximum absolute atomic E-state index is 11.6. The average Bonchev–Trinajstić information content (AvgIpc) is 2.94. The van der Waals surface area contributed by atoms with E-state index in [4.69, 9.17) is 15.6 Å². The van der Waals surface area contributed by atoms with Crippen molar-refractivity contribution in [1.29, 1.82) is 0 Å². The van der Waals surface area contributed by atoms with Crippen molar-refractivity contribution in [3.05, 3.63) is 18.2 Å². The zero-order valence-corrected chi connectivity index (χ0v) is 11.9. The van der Waals surface area contributed by atoms with Crippen LogP contribution < -0.4 is 14.4 Å². The number of anilines is 1. The Hall–Kier alpha value is -1.91. The molecule has 5 heteroatoms. The third-order valence-corrected chi connectivity index (χ3v) is 3.61. The maximum Gasteiger partial charge on any atom is 0.307 e. The maximum atomic E-state index is 11.6. The Kier molecular flexibility index (Phi) is 4.25. The number of methoxy groups -OCH3 is 3. The lowest BCUT2D eigenvalue weighted by Crippen LogP contribution is -2.31. The van der Waals surface area contributed by atoms with Crippen molar-refractivity contribution in [1.82, 2.24) is 0 Å². The van der Waals surface area contributed by atoms with Crippen molar-refractivity contribution < 1.29 is 20.4 Å². The summed E-state index contributed by atoms with van der Waals surface area (Å²) in [7, 11) is 2.91. The van der Waals surface area contributed by atoms with Gasteiger partial charge in [-0.3, -0.25) is 4.79 Å². The number of carbonyl (C=O) groups is 1. The Labute approximate surface area is 120 Å². The molecule has 1 aromatic rings. The number of rotatable bonds is 5. The van der Waals surface area contributed by atoms with Gasteiger partial charge in [0.1, 0.15) is 11.5 Å². The van der Waals surface area contributed by atoms with Gasteiger partial charge in [-0.15, -0.1) is 0 Å². The molecule has 110 valence electrons. The van der Waals surface area contributed by atoms with Gasteiger partial charge in [0, 0.05) is 36.5 Å². The van der Waals surface area contributed by atoms with Crippen LogP contribution in [0.15, 0.2) is 18.2 Å². The summed E-state index contributed by atoms with van der Waals surface area (Å²) in [5.74, 6) is 1.13. The van der Waals surface area contributed by atoms with Crippen molar-refractivity contribution in [2.45, 2.75) is 25.3 Å². The molecule has 0 N–H and O–H groups in total. The van der Waals surface area contributed by atoms with Gasteiger partial charge in [0.05, 0.1) is 29.1 Å². The van der Waals surface area contributed by atoms with E-state index in [1.54, 1.807) is 14.2 Å². The Morgan fingerprint density at radius 2 is 2.05 bits per heavy atom. The first kappa shape index (κ1) is 13.1. The molecule has 20 heavy (non-hydrogen) atoms. The number of hydrogen-bond donors (Lipinski definition) is 0. The Morgan fingerprint density at radius 1 is 1.35 bits per heavy atom. The van der Waals surface area contributed by atoms with E-state index in [0.29, 0.717) is 6.42 Å². The van der Waals surface area contributed by atoms with Gasteiger partial charge in [0.15, 0.2) is 0 Å². The van der Waals surface area contributed by atoms with Gasteiger partial charge in [0.2, 0.25) is 0 Å².